The van der Waals surface area contributed by atoms with Gasteiger partial charge in [-0.05, 0) is 54.0 Å². The van der Waals surface area contributed by atoms with Gasteiger partial charge in [0, 0.05) is 25.7 Å². The second-order valence-electron chi connectivity index (χ2n) is 10.9. The molecule has 2 fully saturated rings. The Balaban J connectivity index is 1.32. The van der Waals surface area contributed by atoms with Crippen molar-refractivity contribution < 1.29 is 28.8 Å². The maximum atomic E-state index is 11.0. The molecular formula is C35H42N4O6. The van der Waals surface area contributed by atoms with Gasteiger partial charge in [0.15, 0.2) is 0 Å². The van der Waals surface area contributed by atoms with Gasteiger partial charge in [0.2, 0.25) is 0 Å². The molecule has 0 spiro atoms. The molecule has 1 unspecified atom stereocenters. The van der Waals surface area contributed by atoms with Gasteiger partial charge in [-0.3, -0.25) is 5.41 Å². The molecule has 3 atom stereocenters. The third kappa shape index (κ3) is 7.72. The number of nitrogens with zero attached hydrogens (tertiary/aromatic N) is 2. The van der Waals surface area contributed by atoms with Crippen LogP contribution in [0.4, 0.5) is 0 Å². The lowest BCUT2D eigenvalue weighted by atomic mass is 9.80. The number of amidine groups is 2. The van der Waals surface area contributed by atoms with Crippen LogP contribution in [0.3, 0.4) is 0 Å². The Morgan fingerprint density at radius 2 is 1.53 bits per heavy atom. The largest absolute Gasteiger partial charge is 0.497 e. The van der Waals surface area contributed by atoms with Crippen molar-refractivity contribution in [3.05, 3.63) is 108 Å². The van der Waals surface area contributed by atoms with Crippen LogP contribution >= 0.6 is 0 Å². The van der Waals surface area contributed by atoms with Gasteiger partial charge in [-0.15, -0.1) is 0 Å². The highest BCUT2D eigenvalue weighted by molar-refractivity contribution is 6.00. The molecule has 0 bridgehead atoms. The van der Waals surface area contributed by atoms with Gasteiger partial charge in [0.05, 0.1) is 40.1 Å². The number of methoxy groups -OCH3 is 2. The Hall–Kier alpha value is -4.22. The van der Waals surface area contributed by atoms with E-state index in [9.17, 15) is 5.11 Å². The number of rotatable bonds is 11. The number of ether oxygens (including phenoxy) is 5. The van der Waals surface area contributed by atoms with Crippen LogP contribution in [0.1, 0.15) is 30.0 Å². The van der Waals surface area contributed by atoms with E-state index in [2.05, 4.69) is 15.2 Å². The highest BCUT2D eigenvalue weighted by Gasteiger charge is 2.41. The standard InChI is InChI=1S/C35H42N4O6/c1-25(39-19-21-43-22-20-39)38-33(36)17-18-37-34-23-31(40)32(45-34)24-44-35(26-7-5-4-6-8-26,27-9-13-29(41-2)14-10-27)28-11-15-30(42-3)16-12-28/h4-18,31-32,34,36-37,40H,19-24H2,1-3H3/b18-17-,36-33?,38-25?/t31?,32-,34-/m1/s1. The van der Waals surface area contributed by atoms with Gasteiger partial charge in [-0.2, -0.15) is 0 Å². The summed E-state index contributed by atoms with van der Waals surface area (Å²) >= 11 is 0. The van der Waals surface area contributed by atoms with E-state index in [1.807, 2.05) is 85.8 Å². The van der Waals surface area contributed by atoms with E-state index in [1.165, 1.54) is 0 Å². The molecule has 0 aliphatic carbocycles. The van der Waals surface area contributed by atoms with E-state index >= 15 is 0 Å². The maximum absolute atomic E-state index is 11.0. The SMILES string of the molecule is COc1ccc(C(OC[C@H]2O[C@@H](N/C=C\C(=N)N=C(C)N3CCOCC3)CC2O)(c2ccccc2)c2ccc(OC)cc2)cc1. The molecule has 5 rings (SSSR count). The summed E-state index contributed by atoms with van der Waals surface area (Å²) in [4.78, 5) is 6.48. The molecule has 2 saturated heterocycles. The summed E-state index contributed by atoms with van der Waals surface area (Å²) in [5.74, 6) is 2.38. The van der Waals surface area contributed by atoms with E-state index in [-0.39, 0.29) is 12.4 Å². The summed E-state index contributed by atoms with van der Waals surface area (Å²) in [5, 5.41) is 22.4. The van der Waals surface area contributed by atoms with Gasteiger partial charge >= 0.3 is 0 Å². The molecule has 238 valence electrons. The first-order valence-electron chi connectivity index (χ1n) is 15.1. The lowest BCUT2D eigenvalue weighted by Crippen LogP contribution is -2.39. The second kappa shape index (κ2) is 15.2. The zero-order valence-corrected chi connectivity index (χ0v) is 26.0. The van der Waals surface area contributed by atoms with Crippen molar-refractivity contribution in [2.24, 2.45) is 4.99 Å². The monoisotopic (exact) mass is 614 g/mol. The Kier molecular flexibility index (Phi) is 10.9. The second-order valence-corrected chi connectivity index (χ2v) is 10.9. The smallest absolute Gasteiger partial charge is 0.147 e. The van der Waals surface area contributed by atoms with Crippen molar-refractivity contribution in [3.8, 4) is 11.5 Å². The Labute approximate surface area is 264 Å². The van der Waals surface area contributed by atoms with Crippen molar-refractivity contribution >= 4 is 11.7 Å². The van der Waals surface area contributed by atoms with Gasteiger partial charge in [-0.25, -0.2) is 4.99 Å². The first-order valence-corrected chi connectivity index (χ1v) is 15.1. The number of benzene rings is 3. The molecule has 10 nitrogen and oxygen atoms in total. The van der Waals surface area contributed by atoms with Crippen molar-refractivity contribution in [3.63, 3.8) is 0 Å². The Bertz CT molecular complexity index is 1390. The molecule has 0 saturated carbocycles. The molecular weight excluding hydrogens is 572 g/mol. The predicted molar refractivity (Wildman–Crippen MR) is 173 cm³/mol. The van der Waals surface area contributed by atoms with Crippen molar-refractivity contribution in [1.82, 2.24) is 10.2 Å². The fourth-order valence-corrected chi connectivity index (χ4v) is 5.67. The molecule has 0 radical (unpaired) electrons. The minimum atomic E-state index is -1.01. The van der Waals surface area contributed by atoms with Gasteiger partial charge in [-0.1, -0.05) is 54.6 Å². The highest BCUT2D eigenvalue weighted by atomic mass is 16.6. The minimum Gasteiger partial charge on any atom is -0.497 e. The lowest BCUT2D eigenvalue weighted by molar-refractivity contribution is -0.0846. The van der Waals surface area contributed by atoms with Crippen LogP contribution in [0.15, 0.2) is 96.1 Å². The number of morpholine rings is 1. The van der Waals surface area contributed by atoms with Crippen molar-refractivity contribution in [1.29, 1.82) is 5.41 Å². The third-order valence-electron chi connectivity index (χ3n) is 8.14. The topological polar surface area (TPSA) is 118 Å². The molecule has 45 heavy (non-hydrogen) atoms. The van der Waals surface area contributed by atoms with Crippen molar-refractivity contribution in [2.75, 3.05) is 47.1 Å². The summed E-state index contributed by atoms with van der Waals surface area (Å²) in [5.41, 5.74) is 1.71. The number of aliphatic hydroxyl groups is 1. The van der Waals surface area contributed by atoms with Crippen LogP contribution in [0.5, 0.6) is 11.5 Å². The van der Waals surface area contributed by atoms with Gasteiger partial charge in [0.25, 0.3) is 0 Å². The van der Waals surface area contributed by atoms with Crippen molar-refractivity contribution in [2.45, 2.75) is 37.4 Å². The Morgan fingerprint density at radius 1 is 0.956 bits per heavy atom. The molecule has 2 aliphatic heterocycles. The molecule has 3 aromatic rings. The van der Waals surface area contributed by atoms with E-state index in [0.717, 1.165) is 47.1 Å². The molecule has 2 heterocycles. The average molecular weight is 615 g/mol. The van der Waals surface area contributed by atoms with E-state index in [4.69, 9.17) is 29.1 Å². The summed E-state index contributed by atoms with van der Waals surface area (Å²) < 4.78 is 29.4. The Morgan fingerprint density at radius 3 is 2.11 bits per heavy atom. The van der Waals surface area contributed by atoms with Crippen LogP contribution in [-0.4, -0.2) is 87.2 Å². The zero-order chi connectivity index (χ0) is 31.6. The summed E-state index contributed by atoms with van der Waals surface area (Å²) in [6.45, 7) is 4.88. The number of aliphatic hydroxyl groups excluding tert-OH is 1. The fraction of sp³-hybridized carbons (Fsp3) is 0.371. The minimum absolute atomic E-state index is 0.120. The zero-order valence-electron chi connectivity index (χ0n) is 26.0. The van der Waals surface area contributed by atoms with Crippen LogP contribution < -0.4 is 14.8 Å². The molecule has 3 N–H and O–H groups in total. The third-order valence-corrected chi connectivity index (χ3v) is 8.14. The normalized spacial score (nSPS) is 20.8. The van der Waals surface area contributed by atoms with E-state index in [1.54, 1.807) is 26.5 Å². The average Bonchev–Trinajstić information content (AvgIpc) is 3.45. The van der Waals surface area contributed by atoms with Gasteiger partial charge < -0.3 is 39.0 Å². The quantitative estimate of drug-likeness (QED) is 0.166. The molecule has 0 aromatic heterocycles. The maximum Gasteiger partial charge on any atom is 0.147 e. The van der Waals surface area contributed by atoms with E-state index in [0.29, 0.717) is 19.6 Å². The van der Waals surface area contributed by atoms with Gasteiger partial charge in [0.1, 0.15) is 41.1 Å². The molecule has 0 amide bonds. The summed E-state index contributed by atoms with van der Waals surface area (Å²) in [6, 6.07) is 25.6. The van der Waals surface area contributed by atoms with Crippen LogP contribution in [-0.2, 0) is 19.8 Å². The molecule has 2 aliphatic rings. The highest BCUT2D eigenvalue weighted by Crippen LogP contribution is 2.42. The number of hydrogen-bond donors (Lipinski definition) is 3. The van der Waals surface area contributed by atoms with Crippen LogP contribution in [0.2, 0.25) is 0 Å². The summed E-state index contributed by atoms with van der Waals surface area (Å²) in [6.07, 6.45) is 1.80. The summed E-state index contributed by atoms with van der Waals surface area (Å²) in [7, 11) is 3.28. The van der Waals surface area contributed by atoms with E-state index < -0.39 is 24.0 Å². The van der Waals surface area contributed by atoms with Crippen LogP contribution in [0, 0.1) is 5.41 Å². The lowest BCUT2D eigenvalue weighted by Gasteiger charge is -2.37. The number of aliphatic imine (C=N–C) groups is 1. The predicted octanol–water partition coefficient (Wildman–Crippen LogP) is 4.32. The first-order chi connectivity index (χ1) is 21.9. The first kappa shape index (κ1) is 32.2. The number of hydrogen-bond acceptors (Lipinski definition) is 8. The number of nitrogens with one attached hydrogen (secondary N) is 2. The fourth-order valence-electron chi connectivity index (χ4n) is 5.67. The molecule has 10 heteroatoms. The molecule has 3 aromatic carbocycles. The van der Waals surface area contributed by atoms with Crippen LogP contribution in [0.25, 0.3) is 0 Å².